The summed E-state index contributed by atoms with van der Waals surface area (Å²) in [5.41, 5.74) is 4.03. The predicted molar refractivity (Wildman–Crippen MR) is 79.9 cm³/mol. The Labute approximate surface area is 115 Å². The molecule has 3 aromatic rings. The molecule has 0 saturated heterocycles. The number of aliphatic imine (C=N–C) groups is 1. The maximum absolute atomic E-state index is 4.46. The van der Waals surface area contributed by atoms with Crippen LogP contribution in [0.25, 0.3) is 35.8 Å². The van der Waals surface area contributed by atoms with E-state index in [2.05, 4.69) is 43.3 Å². The van der Waals surface area contributed by atoms with Crippen molar-refractivity contribution in [1.29, 1.82) is 0 Å². The zero-order valence-electron chi connectivity index (χ0n) is 11.4. The first-order chi connectivity index (χ1) is 9.61. The molecule has 20 heavy (non-hydrogen) atoms. The van der Waals surface area contributed by atoms with Gasteiger partial charge in [-0.15, -0.1) is 0 Å². The van der Waals surface area contributed by atoms with Gasteiger partial charge < -0.3 is 4.98 Å². The van der Waals surface area contributed by atoms with Crippen LogP contribution in [-0.4, -0.2) is 37.9 Å². The molecule has 0 bridgehead atoms. The van der Waals surface area contributed by atoms with Gasteiger partial charge in [-0.05, 0) is 13.0 Å². The maximum Gasteiger partial charge on any atom is 0.178 e. The number of hydrogen-bond acceptors (Lipinski definition) is 4. The van der Waals surface area contributed by atoms with Gasteiger partial charge in [0.25, 0.3) is 0 Å². The van der Waals surface area contributed by atoms with E-state index >= 15 is 0 Å². The second kappa shape index (κ2) is 4.41. The zero-order valence-corrected chi connectivity index (χ0v) is 11.4. The molecule has 0 fully saturated rings. The lowest BCUT2D eigenvalue weighted by Crippen LogP contribution is -2.19. The van der Waals surface area contributed by atoms with Gasteiger partial charge in [-0.1, -0.05) is 13.2 Å². The third kappa shape index (κ3) is 1.73. The number of rotatable bonds is 2. The van der Waals surface area contributed by atoms with E-state index in [0.29, 0.717) is 22.5 Å². The van der Waals surface area contributed by atoms with Crippen molar-refractivity contribution >= 4 is 30.0 Å². The fourth-order valence-electron chi connectivity index (χ4n) is 2.04. The molecule has 0 radical (unpaired) electrons. The van der Waals surface area contributed by atoms with Crippen molar-refractivity contribution < 1.29 is 0 Å². The fourth-order valence-corrected chi connectivity index (χ4v) is 2.04. The minimum absolute atomic E-state index is 0.625. The fraction of sp³-hybridized carbons (Fsp3) is 0.143. The topological polar surface area (TPSA) is 82.6 Å². The molecule has 0 amide bonds. The Bertz CT molecular complexity index is 915. The first kappa shape index (κ1) is 12.3. The standard InChI is InChI=1S/C14H14N6/c1-7-8(2)19-20-11(7)14-17-12-10(9(3)15-4)5-6-16-13(12)18-14/h5-6,19H,1-2H2,3-4H3,(H,16,17,18). The van der Waals surface area contributed by atoms with Crippen molar-refractivity contribution in [1.82, 2.24) is 25.1 Å². The molecule has 0 saturated carbocycles. The molecule has 2 N–H and O–H groups in total. The van der Waals surface area contributed by atoms with Crippen molar-refractivity contribution in [2.45, 2.75) is 6.92 Å². The highest BCUT2D eigenvalue weighted by Crippen LogP contribution is 2.18. The first-order valence-electron chi connectivity index (χ1n) is 6.13. The predicted octanol–water partition coefficient (Wildman–Crippen LogP) is 0.607. The molecule has 3 heterocycles. The summed E-state index contributed by atoms with van der Waals surface area (Å²) in [6.07, 6.45) is 1.72. The van der Waals surface area contributed by atoms with Gasteiger partial charge in [0.1, 0.15) is 5.69 Å². The van der Waals surface area contributed by atoms with Gasteiger partial charge in [-0.2, -0.15) is 5.10 Å². The van der Waals surface area contributed by atoms with Gasteiger partial charge in [-0.3, -0.25) is 10.1 Å². The van der Waals surface area contributed by atoms with Gasteiger partial charge in [0.2, 0.25) is 0 Å². The van der Waals surface area contributed by atoms with Crippen molar-refractivity contribution in [2.75, 3.05) is 7.05 Å². The number of nitrogens with one attached hydrogen (secondary N) is 2. The van der Waals surface area contributed by atoms with E-state index in [0.717, 1.165) is 22.0 Å². The van der Waals surface area contributed by atoms with Crippen molar-refractivity contribution in [3.8, 4) is 11.5 Å². The second-order valence-electron chi connectivity index (χ2n) is 4.48. The number of aromatic nitrogens is 5. The van der Waals surface area contributed by atoms with Crippen LogP contribution < -0.4 is 10.6 Å². The van der Waals surface area contributed by atoms with Gasteiger partial charge in [0.15, 0.2) is 11.5 Å². The molecular formula is C14H14N6. The molecule has 6 heteroatoms. The lowest BCUT2D eigenvalue weighted by Gasteiger charge is -1.99. The summed E-state index contributed by atoms with van der Waals surface area (Å²) in [4.78, 5) is 16.2. The molecule has 0 aliphatic rings. The quantitative estimate of drug-likeness (QED) is 0.667. The maximum atomic E-state index is 4.46. The molecular weight excluding hydrogens is 252 g/mol. The minimum atomic E-state index is 0.625. The van der Waals surface area contributed by atoms with E-state index in [1.54, 1.807) is 13.2 Å². The third-order valence-electron chi connectivity index (χ3n) is 3.29. The molecule has 6 nitrogen and oxygen atoms in total. The SMILES string of the molecule is C=c1[nH]nc(-c2nc3nccc(C(C)=NC)c3[nH]2)c1=C. The third-order valence-corrected chi connectivity index (χ3v) is 3.29. The summed E-state index contributed by atoms with van der Waals surface area (Å²) in [7, 11) is 1.76. The van der Waals surface area contributed by atoms with Crippen LogP contribution in [0, 0.1) is 0 Å². The molecule has 0 aliphatic carbocycles. The average molecular weight is 266 g/mol. The van der Waals surface area contributed by atoms with Crippen LogP contribution in [0.2, 0.25) is 0 Å². The summed E-state index contributed by atoms with van der Waals surface area (Å²) in [5, 5.41) is 8.38. The molecule has 3 aromatic heterocycles. The summed E-state index contributed by atoms with van der Waals surface area (Å²) in [6, 6.07) is 1.91. The number of H-pyrrole nitrogens is 2. The summed E-state index contributed by atoms with van der Waals surface area (Å²) < 4.78 is 0. The second-order valence-corrected chi connectivity index (χ2v) is 4.48. The lowest BCUT2D eigenvalue weighted by atomic mass is 10.1. The zero-order chi connectivity index (χ0) is 14.3. The van der Waals surface area contributed by atoms with Gasteiger partial charge in [-0.25, -0.2) is 9.97 Å². The average Bonchev–Trinajstić information content (AvgIpc) is 3.02. The van der Waals surface area contributed by atoms with E-state index in [4.69, 9.17) is 0 Å². The van der Waals surface area contributed by atoms with Gasteiger partial charge in [0, 0.05) is 29.7 Å². The lowest BCUT2D eigenvalue weighted by molar-refractivity contribution is 1.06. The highest BCUT2D eigenvalue weighted by molar-refractivity contribution is 6.07. The molecule has 0 aromatic carbocycles. The number of nitrogens with zero attached hydrogens (tertiary/aromatic N) is 4. The Morgan fingerprint density at radius 2 is 2.15 bits per heavy atom. The smallest absolute Gasteiger partial charge is 0.178 e. The molecule has 100 valence electrons. The van der Waals surface area contributed by atoms with E-state index in [-0.39, 0.29) is 0 Å². The highest BCUT2D eigenvalue weighted by atomic mass is 15.1. The number of pyridine rings is 1. The Morgan fingerprint density at radius 1 is 1.35 bits per heavy atom. The first-order valence-corrected chi connectivity index (χ1v) is 6.13. The Kier molecular flexibility index (Phi) is 2.71. The highest BCUT2D eigenvalue weighted by Gasteiger charge is 2.13. The summed E-state index contributed by atoms with van der Waals surface area (Å²) >= 11 is 0. The molecule has 0 unspecified atom stereocenters. The van der Waals surface area contributed by atoms with E-state index < -0.39 is 0 Å². The Hall–Kier alpha value is -2.76. The largest absolute Gasteiger partial charge is 0.335 e. The number of imidazole rings is 1. The molecule has 3 rings (SSSR count). The van der Waals surface area contributed by atoms with Crippen LogP contribution >= 0.6 is 0 Å². The van der Waals surface area contributed by atoms with Gasteiger partial charge in [0.05, 0.1) is 10.9 Å². The number of fused-ring (bicyclic) bond motifs is 1. The minimum Gasteiger partial charge on any atom is -0.335 e. The van der Waals surface area contributed by atoms with Crippen LogP contribution in [-0.2, 0) is 0 Å². The van der Waals surface area contributed by atoms with Crippen molar-refractivity contribution in [3.63, 3.8) is 0 Å². The van der Waals surface area contributed by atoms with E-state index in [1.807, 2.05) is 13.0 Å². The van der Waals surface area contributed by atoms with Crippen LogP contribution in [0.5, 0.6) is 0 Å². The number of hydrogen-bond donors (Lipinski definition) is 2. The van der Waals surface area contributed by atoms with Crippen LogP contribution in [0.1, 0.15) is 12.5 Å². The van der Waals surface area contributed by atoms with Crippen molar-refractivity contribution in [3.05, 3.63) is 28.4 Å². The van der Waals surface area contributed by atoms with Crippen LogP contribution in [0.4, 0.5) is 0 Å². The summed E-state index contributed by atoms with van der Waals surface area (Å²) in [6.45, 7) is 9.71. The van der Waals surface area contributed by atoms with Crippen LogP contribution in [0.15, 0.2) is 17.3 Å². The molecule has 0 aliphatic heterocycles. The van der Waals surface area contributed by atoms with E-state index in [1.165, 1.54) is 0 Å². The van der Waals surface area contributed by atoms with E-state index in [9.17, 15) is 0 Å². The monoisotopic (exact) mass is 266 g/mol. The normalized spacial score (nSPS) is 12.2. The number of aromatic amines is 2. The van der Waals surface area contributed by atoms with Crippen LogP contribution in [0.3, 0.4) is 0 Å². The van der Waals surface area contributed by atoms with Crippen molar-refractivity contribution in [2.24, 2.45) is 4.99 Å². The van der Waals surface area contributed by atoms with Gasteiger partial charge >= 0.3 is 0 Å². The molecule has 0 atom stereocenters. The Balaban J connectivity index is 2.29. The summed E-state index contributed by atoms with van der Waals surface area (Å²) in [5.74, 6) is 0.625. The molecule has 0 spiro atoms. The Morgan fingerprint density at radius 3 is 2.80 bits per heavy atom.